The van der Waals surface area contributed by atoms with Crippen LogP contribution in [0, 0.1) is 19.7 Å². The van der Waals surface area contributed by atoms with E-state index in [1.54, 1.807) is 23.5 Å². The third kappa shape index (κ3) is 4.59. The smallest absolute Gasteiger partial charge is 0.230 e. The number of thiazole rings is 1. The second kappa shape index (κ2) is 8.90. The van der Waals surface area contributed by atoms with Crippen molar-refractivity contribution in [2.24, 2.45) is 0 Å². The van der Waals surface area contributed by atoms with E-state index < -0.39 is 0 Å². The molecule has 0 aliphatic carbocycles. The maximum Gasteiger partial charge on any atom is 0.230 e. The zero-order chi connectivity index (χ0) is 22.9. The molecule has 7 heteroatoms. The fourth-order valence-electron chi connectivity index (χ4n) is 4.22. The number of nitrogens with zero attached hydrogens (tertiary/aromatic N) is 4. The number of aromatic nitrogens is 3. The van der Waals surface area contributed by atoms with Crippen molar-refractivity contribution in [1.82, 2.24) is 19.4 Å². The molecule has 5 nitrogen and oxygen atoms in total. The molecule has 0 atom stereocenters. The first-order chi connectivity index (χ1) is 16.0. The summed E-state index contributed by atoms with van der Waals surface area (Å²) in [6.07, 6.45) is 3.73. The summed E-state index contributed by atoms with van der Waals surface area (Å²) in [6.45, 7) is 5.43. The van der Waals surface area contributed by atoms with E-state index in [4.69, 9.17) is 4.98 Å². The highest BCUT2D eigenvalue weighted by Gasteiger charge is 2.23. The van der Waals surface area contributed by atoms with Crippen molar-refractivity contribution >= 4 is 17.2 Å². The molecule has 4 aromatic rings. The van der Waals surface area contributed by atoms with Crippen LogP contribution < -0.4 is 0 Å². The van der Waals surface area contributed by atoms with Crippen LogP contribution in [0.3, 0.4) is 0 Å². The van der Waals surface area contributed by atoms with Crippen LogP contribution in [0.4, 0.5) is 4.39 Å². The molecule has 3 heterocycles. The fraction of sp³-hybridized carbons (Fsp3) is 0.269. The molecule has 2 aromatic heterocycles. The van der Waals surface area contributed by atoms with Gasteiger partial charge in [0.1, 0.15) is 11.6 Å². The van der Waals surface area contributed by atoms with Crippen LogP contribution >= 0.6 is 11.3 Å². The first-order valence-corrected chi connectivity index (χ1v) is 11.9. The average Bonchev–Trinajstić information content (AvgIpc) is 3.32. The third-order valence-electron chi connectivity index (χ3n) is 6.01. The van der Waals surface area contributed by atoms with Crippen LogP contribution in [0.1, 0.15) is 27.0 Å². The van der Waals surface area contributed by atoms with Gasteiger partial charge in [0.2, 0.25) is 5.91 Å². The zero-order valence-electron chi connectivity index (χ0n) is 18.7. The van der Waals surface area contributed by atoms with E-state index in [-0.39, 0.29) is 18.1 Å². The Hall–Kier alpha value is -3.32. The fourth-order valence-corrected chi connectivity index (χ4v) is 5.19. The minimum Gasteiger partial charge on any atom is -0.342 e. The van der Waals surface area contributed by atoms with E-state index in [9.17, 15) is 9.18 Å². The first kappa shape index (κ1) is 21.5. The molecule has 0 spiro atoms. The minimum absolute atomic E-state index is 0.0475. The van der Waals surface area contributed by atoms with Crippen molar-refractivity contribution in [2.75, 3.05) is 13.1 Å². The van der Waals surface area contributed by atoms with Gasteiger partial charge in [-0.1, -0.05) is 29.8 Å². The van der Waals surface area contributed by atoms with Crippen LogP contribution in [0.2, 0.25) is 0 Å². The highest BCUT2D eigenvalue weighted by molar-refractivity contribution is 7.11. The zero-order valence-corrected chi connectivity index (χ0v) is 19.5. The molecule has 0 saturated heterocycles. The van der Waals surface area contributed by atoms with Gasteiger partial charge in [0.25, 0.3) is 0 Å². The van der Waals surface area contributed by atoms with Gasteiger partial charge in [-0.05, 0) is 38.1 Å². The van der Waals surface area contributed by atoms with Gasteiger partial charge in [-0.15, -0.1) is 11.3 Å². The predicted molar refractivity (Wildman–Crippen MR) is 128 cm³/mol. The molecule has 0 N–H and O–H groups in total. The van der Waals surface area contributed by atoms with Crippen molar-refractivity contribution < 1.29 is 9.18 Å². The van der Waals surface area contributed by atoms with E-state index in [1.807, 2.05) is 53.8 Å². The number of aryl methyl sites for hydroxylation is 2. The highest BCUT2D eigenvalue weighted by Crippen LogP contribution is 2.25. The maximum atomic E-state index is 13.5. The van der Waals surface area contributed by atoms with Gasteiger partial charge in [-0.25, -0.2) is 14.4 Å². The first-order valence-electron chi connectivity index (χ1n) is 11.1. The van der Waals surface area contributed by atoms with Crippen molar-refractivity contribution in [3.8, 4) is 16.9 Å². The Morgan fingerprint density at radius 3 is 2.48 bits per heavy atom. The van der Waals surface area contributed by atoms with Gasteiger partial charge in [-0.3, -0.25) is 4.79 Å². The summed E-state index contributed by atoms with van der Waals surface area (Å²) in [5, 5.41) is 1.09. The van der Waals surface area contributed by atoms with E-state index in [2.05, 4.69) is 4.98 Å². The maximum absolute atomic E-state index is 13.5. The molecule has 2 aromatic carbocycles. The molecule has 0 saturated carbocycles. The lowest BCUT2D eigenvalue weighted by Gasteiger charge is -2.20. The third-order valence-corrected chi connectivity index (χ3v) is 7.08. The number of rotatable bonds is 4. The lowest BCUT2D eigenvalue weighted by Crippen LogP contribution is -2.35. The van der Waals surface area contributed by atoms with Gasteiger partial charge >= 0.3 is 0 Å². The minimum atomic E-state index is -0.295. The molecular formula is C26H25FN4OS. The largest absolute Gasteiger partial charge is 0.342 e. The Balaban J connectivity index is 1.42. The van der Waals surface area contributed by atoms with Crippen LogP contribution in [0.15, 0.2) is 54.7 Å². The molecule has 1 aliphatic heterocycles. The van der Waals surface area contributed by atoms with E-state index >= 15 is 0 Å². The SMILES string of the molecule is Cc1ccc(-c2cn(-c3ccc(F)cc3)c(CC(=O)N3CCc4nc(C)sc4CC3)n2)cc1. The Morgan fingerprint density at radius 2 is 1.73 bits per heavy atom. The molecule has 0 fully saturated rings. The quantitative estimate of drug-likeness (QED) is 0.434. The summed E-state index contributed by atoms with van der Waals surface area (Å²) < 4.78 is 15.4. The van der Waals surface area contributed by atoms with Crippen molar-refractivity contribution in [3.63, 3.8) is 0 Å². The normalized spacial score (nSPS) is 13.6. The van der Waals surface area contributed by atoms with Gasteiger partial charge < -0.3 is 9.47 Å². The molecule has 168 valence electrons. The van der Waals surface area contributed by atoms with Crippen LogP contribution in [0.25, 0.3) is 16.9 Å². The molecule has 33 heavy (non-hydrogen) atoms. The summed E-state index contributed by atoms with van der Waals surface area (Å²) in [5.74, 6) is 0.401. The second-order valence-electron chi connectivity index (χ2n) is 8.42. The second-order valence-corrected chi connectivity index (χ2v) is 9.70. The lowest BCUT2D eigenvalue weighted by atomic mass is 10.1. The summed E-state index contributed by atoms with van der Waals surface area (Å²) in [4.78, 5) is 25.9. The van der Waals surface area contributed by atoms with Gasteiger partial charge in [-0.2, -0.15) is 0 Å². The van der Waals surface area contributed by atoms with Gasteiger partial charge in [0.05, 0.1) is 22.8 Å². The predicted octanol–water partition coefficient (Wildman–Crippen LogP) is 4.92. The average molecular weight is 461 g/mol. The Kier molecular flexibility index (Phi) is 5.81. The summed E-state index contributed by atoms with van der Waals surface area (Å²) in [5.41, 5.74) is 4.85. The number of hydrogen-bond acceptors (Lipinski definition) is 4. The number of benzene rings is 2. The number of amides is 1. The summed E-state index contributed by atoms with van der Waals surface area (Å²) in [7, 11) is 0. The van der Waals surface area contributed by atoms with Gasteiger partial charge in [0.15, 0.2) is 0 Å². The molecule has 5 rings (SSSR count). The van der Waals surface area contributed by atoms with Gasteiger partial charge in [0, 0.05) is 48.3 Å². The lowest BCUT2D eigenvalue weighted by molar-refractivity contribution is -0.130. The molecule has 0 bridgehead atoms. The monoisotopic (exact) mass is 460 g/mol. The Bertz CT molecular complexity index is 1270. The number of halogens is 1. The van der Waals surface area contributed by atoms with E-state index in [0.29, 0.717) is 18.9 Å². The summed E-state index contributed by atoms with van der Waals surface area (Å²) >= 11 is 1.73. The topological polar surface area (TPSA) is 51.0 Å². The highest BCUT2D eigenvalue weighted by atomic mass is 32.1. The molecular weight excluding hydrogens is 435 g/mol. The molecule has 0 unspecified atom stereocenters. The number of carbonyl (C=O) groups excluding carboxylic acids is 1. The van der Waals surface area contributed by atoms with Crippen molar-refractivity contribution in [1.29, 1.82) is 0 Å². The molecule has 1 amide bonds. The number of imidazole rings is 1. The summed E-state index contributed by atoms with van der Waals surface area (Å²) in [6, 6.07) is 14.4. The number of hydrogen-bond donors (Lipinski definition) is 0. The van der Waals surface area contributed by atoms with E-state index in [0.717, 1.165) is 40.5 Å². The number of fused-ring (bicyclic) bond motifs is 1. The van der Waals surface area contributed by atoms with E-state index in [1.165, 1.54) is 22.6 Å². The van der Waals surface area contributed by atoms with Crippen LogP contribution in [-0.2, 0) is 24.1 Å². The van der Waals surface area contributed by atoms with Crippen molar-refractivity contribution in [2.45, 2.75) is 33.1 Å². The van der Waals surface area contributed by atoms with Crippen LogP contribution in [-0.4, -0.2) is 38.4 Å². The Labute approximate surface area is 196 Å². The van der Waals surface area contributed by atoms with Crippen LogP contribution in [0.5, 0.6) is 0 Å². The van der Waals surface area contributed by atoms with Crippen molar-refractivity contribution in [3.05, 3.63) is 87.5 Å². The molecule has 0 radical (unpaired) electrons. The molecule has 1 aliphatic rings. The number of carbonyl (C=O) groups is 1. The Morgan fingerprint density at radius 1 is 1.00 bits per heavy atom. The standard InChI is InChI=1S/C26H25FN4OS/c1-17-3-5-19(6-4-17)23-16-31(21-9-7-20(27)8-10-21)25(29-23)15-26(32)30-13-11-22-24(12-14-30)33-18(2)28-22/h3-10,16H,11-15H2,1-2H3.